The Balaban J connectivity index is 1.50. The van der Waals surface area contributed by atoms with Crippen LogP contribution in [-0.4, -0.2) is 73.5 Å². The van der Waals surface area contributed by atoms with Crippen LogP contribution in [-0.2, 0) is 32.3 Å². The zero-order valence-electron chi connectivity index (χ0n) is 29.4. The second-order valence-electron chi connectivity index (χ2n) is 12.8. The molecule has 0 spiro atoms. The summed E-state index contributed by atoms with van der Waals surface area (Å²) in [5, 5.41) is 17.0. The molecule has 1 amide bonds. The van der Waals surface area contributed by atoms with Crippen LogP contribution in [0.15, 0.2) is 40.3 Å². The van der Waals surface area contributed by atoms with Gasteiger partial charge in [0.25, 0.3) is 11.5 Å². The third-order valence-electron chi connectivity index (χ3n) is 7.98. The van der Waals surface area contributed by atoms with Crippen molar-refractivity contribution in [3.63, 3.8) is 0 Å². The van der Waals surface area contributed by atoms with Crippen molar-refractivity contribution in [1.29, 1.82) is 0 Å². The SMILES string of the molecule is C#CCN(Cc1cc2c(=O)n(COC(=O)C(C)(C)C)c(C)nc2cc1C)c1ccc(C(=O)NC(CCCCSc2nn[nH]n2)C(=O)OC)c(F)c1. The van der Waals surface area contributed by atoms with E-state index in [4.69, 9.17) is 15.9 Å². The molecule has 4 aromatic rings. The molecular formula is C35H41FN8O6S. The second kappa shape index (κ2) is 17.1. The standard InChI is InChI=1S/C35H41FN8O6S/c1-8-14-43(19-23-17-26-29(16-21(23)2)37-22(3)44(31(26)46)20-50-33(48)35(4,5)6)24-12-13-25(27(36)18-24)30(45)38-28(32(47)49-7)11-9-10-15-51-34-39-41-42-40-34/h1,12-13,16-18,28H,9-11,14-15,19-20H2,2-7H3,(H,38,45)(H,39,40,41,42). The molecule has 0 bridgehead atoms. The molecule has 1 unspecified atom stereocenters. The van der Waals surface area contributed by atoms with Gasteiger partial charge in [0.15, 0.2) is 6.73 Å². The number of aromatic amines is 1. The molecule has 51 heavy (non-hydrogen) atoms. The monoisotopic (exact) mass is 720 g/mol. The number of hydrogen-bond acceptors (Lipinski definition) is 12. The molecule has 270 valence electrons. The van der Waals surface area contributed by atoms with E-state index in [0.29, 0.717) is 46.2 Å². The van der Waals surface area contributed by atoms with E-state index < -0.39 is 35.1 Å². The van der Waals surface area contributed by atoms with E-state index in [1.165, 1.54) is 35.6 Å². The maximum Gasteiger partial charge on any atom is 0.328 e. The van der Waals surface area contributed by atoms with Crippen LogP contribution in [0, 0.1) is 37.4 Å². The van der Waals surface area contributed by atoms with Crippen molar-refractivity contribution in [3.8, 4) is 12.3 Å². The number of aromatic nitrogens is 6. The number of methoxy groups -OCH3 is 1. The van der Waals surface area contributed by atoms with Gasteiger partial charge in [0.2, 0.25) is 5.16 Å². The number of nitrogens with zero attached hydrogens (tertiary/aromatic N) is 6. The van der Waals surface area contributed by atoms with Crippen LogP contribution >= 0.6 is 11.8 Å². The summed E-state index contributed by atoms with van der Waals surface area (Å²) in [4.78, 5) is 57.7. The number of benzene rings is 2. The predicted octanol–water partition coefficient (Wildman–Crippen LogP) is 4.09. The molecule has 0 aliphatic heterocycles. The van der Waals surface area contributed by atoms with Crippen molar-refractivity contribution in [2.75, 3.05) is 24.3 Å². The molecule has 0 aliphatic carbocycles. The molecule has 2 N–H and O–H groups in total. The maximum atomic E-state index is 15.5. The highest BCUT2D eigenvalue weighted by molar-refractivity contribution is 7.99. The molecule has 2 aromatic carbocycles. The van der Waals surface area contributed by atoms with Gasteiger partial charge in [0, 0.05) is 18.0 Å². The highest BCUT2D eigenvalue weighted by Crippen LogP contribution is 2.25. The molecule has 0 saturated carbocycles. The van der Waals surface area contributed by atoms with Crippen LogP contribution in [0.4, 0.5) is 10.1 Å². The zero-order chi connectivity index (χ0) is 37.3. The van der Waals surface area contributed by atoms with Crippen molar-refractivity contribution in [2.24, 2.45) is 5.41 Å². The molecule has 2 aromatic heterocycles. The number of hydrogen-bond donors (Lipinski definition) is 2. The highest BCUT2D eigenvalue weighted by atomic mass is 32.2. The number of tetrazole rings is 1. The van der Waals surface area contributed by atoms with Gasteiger partial charge >= 0.3 is 11.9 Å². The number of carbonyl (C=O) groups excluding carboxylic acids is 3. The first-order chi connectivity index (χ1) is 24.2. The summed E-state index contributed by atoms with van der Waals surface area (Å²) in [5.74, 6) is 0.980. The molecule has 0 saturated heterocycles. The molecule has 14 nitrogen and oxygen atoms in total. The minimum absolute atomic E-state index is 0.0943. The Kier molecular flexibility index (Phi) is 12.9. The first kappa shape index (κ1) is 38.5. The summed E-state index contributed by atoms with van der Waals surface area (Å²) in [5.41, 5.74) is 1.07. The van der Waals surface area contributed by atoms with Crippen LogP contribution in [0.25, 0.3) is 10.9 Å². The normalized spacial score (nSPS) is 11.9. The van der Waals surface area contributed by atoms with Crippen LogP contribution in [0.3, 0.4) is 0 Å². The number of thioether (sulfide) groups is 1. The molecule has 1 atom stereocenters. The number of aryl methyl sites for hydroxylation is 2. The highest BCUT2D eigenvalue weighted by Gasteiger charge is 2.25. The van der Waals surface area contributed by atoms with E-state index in [2.05, 4.69) is 36.8 Å². The molecule has 0 fully saturated rings. The lowest BCUT2D eigenvalue weighted by Gasteiger charge is -2.24. The number of anilines is 1. The molecule has 16 heteroatoms. The number of amides is 1. The quantitative estimate of drug-likeness (QED) is 0.0781. The third-order valence-corrected chi connectivity index (χ3v) is 8.90. The number of terminal acetylenes is 1. The van der Waals surface area contributed by atoms with Gasteiger partial charge in [-0.2, -0.15) is 5.21 Å². The average Bonchev–Trinajstić information content (AvgIpc) is 3.60. The van der Waals surface area contributed by atoms with E-state index in [0.717, 1.165) is 11.1 Å². The van der Waals surface area contributed by atoms with E-state index in [-0.39, 0.29) is 37.4 Å². The average molecular weight is 721 g/mol. The first-order valence-electron chi connectivity index (χ1n) is 16.1. The summed E-state index contributed by atoms with van der Waals surface area (Å²) >= 11 is 1.40. The molecular weight excluding hydrogens is 680 g/mol. The number of H-pyrrole nitrogens is 1. The summed E-state index contributed by atoms with van der Waals surface area (Å²) in [7, 11) is 1.22. The number of rotatable bonds is 15. The molecule has 4 rings (SSSR count). The Morgan fingerprint density at radius 3 is 2.59 bits per heavy atom. The van der Waals surface area contributed by atoms with Gasteiger partial charge in [-0.15, -0.1) is 16.6 Å². The van der Waals surface area contributed by atoms with Gasteiger partial charge in [0.1, 0.15) is 17.7 Å². The van der Waals surface area contributed by atoms with Crippen molar-refractivity contribution >= 4 is 46.2 Å². The Bertz CT molecular complexity index is 1990. The van der Waals surface area contributed by atoms with Gasteiger partial charge in [-0.25, -0.2) is 14.2 Å². The van der Waals surface area contributed by atoms with Crippen LogP contribution < -0.4 is 15.8 Å². The summed E-state index contributed by atoms with van der Waals surface area (Å²) in [6.07, 6.45) is 7.25. The van der Waals surface area contributed by atoms with Crippen molar-refractivity contribution in [2.45, 2.75) is 78.4 Å². The fourth-order valence-corrected chi connectivity index (χ4v) is 5.82. The van der Waals surface area contributed by atoms with Gasteiger partial charge in [-0.05, 0) is 101 Å². The van der Waals surface area contributed by atoms with Crippen molar-refractivity contribution in [1.82, 2.24) is 35.5 Å². The fourth-order valence-electron chi connectivity index (χ4n) is 5.08. The third kappa shape index (κ3) is 9.91. The lowest BCUT2D eigenvalue weighted by atomic mass is 9.98. The van der Waals surface area contributed by atoms with Crippen molar-refractivity contribution in [3.05, 3.63) is 69.0 Å². The minimum atomic E-state index is -0.973. The van der Waals surface area contributed by atoms with E-state index in [1.54, 1.807) is 50.8 Å². The summed E-state index contributed by atoms with van der Waals surface area (Å²) in [6.45, 7) is 8.73. The number of ether oxygens (including phenoxy) is 2. The van der Waals surface area contributed by atoms with E-state index >= 15 is 4.39 Å². The Morgan fingerprint density at radius 2 is 1.94 bits per heavy atom. The van der Waals surface area contributed by atoms with Crippen LogP contribution in [0.5, 0.6) is 0 Å². The number of unbranched alkanes of at least 4 members (excludes halogenated alkanes) is 1. The Labute approximate surface area is 298 Å². The van der Waals surface area contributed by atoms with Gasteiger partial charge in [-0.1, -0.05) is 17.7 Å². The number of carbonyl (C=O) groups is 3. The lowest BCUT2D eigenvalue weighted by molar-refractivity contribution is -0.157. The second-order valence-corrected chi connectivity index (χ2v) is 13.9. The minimum Gasteiger partial charge on any atom is -0.467 e. The number of nitrogens with one attached hydrogen (secondary N) is 2. The predicted molar refractivity (Wildman–Crippen MR) is 189 cm³/mol. The Hall–Kier alpha value is -5.30. The summed E-state index contributed by atoms with van der Waals surface area (Å²) < 4.78 is 27.1. The largest absolute Gasteiger partial charge is 0.467 e. The van der Waals surface area contributed by atoms with Gasteiger partial charge in [0.05, 0.1) is 35.5 Å². The number of fused-ring (bicyclic) bond motifs is 1. The number of esters is 2. The topological polar surface area (TPSA) is 174 Å². The van der Waals surface area contributed by atoms with Gasteiger partial charge < -0.3 is 19.7 Å². The zero-order valence-corrected chi connectivity index (χ0v) is 30.2. The number of halogens is 1. The van der Waals surface area contributed by atoms with E-state index in [9.17, 15) is 19.2 Å². The molecule has 0 aliphatic rings. The Morgan fingerprint density at radius 1 is 1.18 bits per heavy atom. The van der Waals surface area contributed by atoms with Crippen LogP contribution in [0.1, 0.15) is 67.3 Å². The van der Waals surface area contributed by atoms with E-state index in [1.807, 2.05) is 6.92 Å². The smallest absolute Gasteiger partial charge is 0.328 e. The van der Waals surface area contributed by atoms with Crippen LogP contribution in [0.2, 0.25) is 0 Å². The molecule has 0 radical (unpaired) electrons. The van der Waals surface area contributed by atoms with Crippen molar-refractivity contribution < 1.29 is 28.2 Å². The first-order valence-corrected chi connectivity index (χ1v) is 17.1. The molecule has 2 heterocycles. The lowest BCUT2D eigenvalue weighted by Crippen LogP contribution is -2.41. The fraction of sp³-hybridized carbons (Fsp3) is 0.429. The maximum absolute atomic E-state index is 15.5. The summed E-state index contributed by atoms with van der Waals surface area (Å²) in [6, 6.07) is 6.62. The van der Waals surface area contributed by atoms with Gasteiger partial charge in [-0.3, -0.25) is 19.0 Å².